The lowest BCUT2D eigenvalue weighted by Gasteiger charge is -2.17. The van der Waals surface area contributed by atoms with Crippen LogP contribution in [0.3, 0.4) is 0 Å². The smallest absolute Gasteiger partial charge is 0.418 e. The Bertz CT molecular complexity index is 975. The molecule has 0 saturated heterocycles. The van der Waals surface area contributed by atoms with Crippen LogP contribution in [0, 0.1) is 6.92 Å². The summed E-state index contributed by atoms with van der Waals surface area (Å²) in [4.78, 5) is 12.1. The maximum Gasteiger partial charge on any atom is 0.418 e. The van der Waals surface area contributed by atoms with Gasteiger partial charge in [-0.05, 0) is 49.7 Å². The molecule has 2 aromatic carbocycles. The van der Waals surface area contributed by atoms with E-state index in [1.807, 2.05) is 0 Å². The molecule has 6 nitrogen and oxygen atoms in total. The predicted molar refractivity (Wildman–Crippen MR) is 97.6 cm³/mol. The number of ether oxygens (including phenoxy) is 1. The van der Waals surface area contributed by atoms with Gasteiger partial charge in [0.05, 0.1) is 29.3 Å². The van der Waals surface area contributed by atoms with E-state index in [-0.39, 0.29) is 4.90 Å². The van der Waals surface area contributed by atoms with E-state index in [4.69, 9.17) is 4.74 Å². The summed E-state index contributed by atoms with van der Waals surface area (Å²) < 4.78 is 71.2. The highest BCUT2D eigenvalue weighted by Crippen LogP contribution is 2.34. The van der Waals surface area contributed by atoms with Gasteiger partial charge in [0.1, 0.15) is 5.75 Å². The zero-order valence-electron chi connectivity index (χ0n) is 15.3. The molecule has 0 unspecified atom stereocenters. The first kappa shape index (κ1) is 21.7. The molecule has 0 aliphatic carbocycles. The van der Waals surface area contributed by atoms with Crippen LogP contribution in [-0.2, 0) is 21.0 Å². The van der Waals surface area contributed by atoms with Crippen molar-refractivity contribution >= 4 is 21.6 Å². The van der Waals surface area contributed by atoms with Gasteiger partial charge in [0.15, 0.2) is 0 Å². The number of sulfonamides is 1. The van der Waals surface area contributed by atoms with Crippen molar-refractivity contribution in [3.63, 3.8) is 0 Å². The molecule has 0 fully saturated rings. The van der Waals surface area contributed by atoms with Gasteiger partial charge in [-0.3, -0.25) is 4.79 Å². The van der Waals surface area contributed by atoms with E-state index in [2.05, 4.69) is 10.0 Å². The summed E-state index contributed by atoms with van der Waals surface area (Å²) in [5.74, 6) is -0.431. The summed E-state index contributed by atoms with van der Waals surface area (Å²) in [5.41, 5.74) is -0.905. The lowest BCUT2D eigenvalue weighted by atomic mass is 10.1. The minimum atomic E-state index is -4.66. The zero-order valence-corrected chi connectivity index (χ0v) is 16.1. The molecule has 1 atom stereocenters. The molecule has 2 N–H and O–H groups in total. The number of hydrogen-bond acceptors (Lipinski definition) is 4. The molecule has 0 heterocycles. The van der Waals surface area contributed by atoms with E-state index in [1.165, 1.54) is 44.4 Å². The van der Waals surface area contributed by atoms with E-state index in [1.54, 1.807) is 6.92 Å². The van der Waals surface area contributed by atoms with Gasteiger partial charge in [0, 0.05) is 0 Å². The summed E-state index contributed by atoms with van der Waals surface area (Å²) in [7, 11) is -2.63. The minimum absolute atomic E-state index is 0.0962. The molecule has 2 aromatic rings. The molecule has 0 spiro atoms. The highest BCUT2D eigenvalue weighted by atomic mass is 32.2. The Kier molecular flexibility index (Phi) is 6.35. The number of para-hydroxylation sites is 1. The van der Waals surface area contributed by atoms with Crippen LogP contribution in [-0.4, -0.2) is 27.5 Å². The van der Waals surface area contributed by atoms with Gasteiger partial charge in [0.2, 0.25) is 15.9 Å². The molecule has 2 rings (SSSR count). The number of benzene rings is 2. The average Bonchev–Trinajstić information content (AvgIpc) is 2.60. The van der Waals surface area contributed by atoms with E-state index < -0.39 is 39.4 Å². The second-order valence-electron chi connectivity index (χ2n) is 6.01. The van der Waals surface area contributed by atoms with Crippen LogP contribution >= 0.6 is 0 Å². The highest BCUT2D eigenvalue weighted by Gasteiger charge is 2.34. The third-order valence-electron chi connectivity index (χ3n) is 3.89. The molecule has 0 bridgehead atoms. The Morgan fingerprint density at radius 2 is 1.79 bits per heavy atom. The van der Waals surface area contributed by atoms with Gasteiger partial charge in [-0.1, -0.05) is 12.1 Å². The monoisotopic (exact) mass is 416 g/mol. The molecule has 0 radical (unpaired) electrons. The van der Waals surface area contributed by atoms with Gasteiger partial charge in [-0.25, -0.2) is 8.42 Å². The molecule has 0 aromatic heterocycles. The lowest BCUT2D eigenvalue weighted by molar-refractivity contribution is -0.137. The summed E-state index contributed by atoms with van der Waals surface area (Å²) in [6, 6.07) is 7.26. The largest absolute Gasteiger partial charge is 0.496 e. The number of anilines is 1. The fourth-order valence-electron chi connectivity index (χ4n) is 2.45. The highest BCUT2D eigenvalue weighted by molar-refractivity contribution is 7.89. The van der Waals surface area contributed by atoms with Gasteiger partial charge in [0.25, 0.3) is 0 Å². The first-order valence-corrected chi connectivity index (χ1v) is 9.58. The molecule has 1 amide bonds. The van der Waals surface area contributed by atoms with E-state index in [0.717, 1.165) is 12.1 Å². The average molecular weight is 416 g/mol. The van der Waals surface area contributed by atoms with Crippen LogP contribution in [0.4, 0.5) is 18.9 Å². The Morgan fingerprint density at radius 1 is 1.14 bits per heavy atom. The number of alkyl halides is 3. The number of aryl methyl sites for hydroxylation is 1. The first-order chi connectivity index (χ1) is 13.0. The van der Waals surface area contributed by atoms with Crippen molar-refractivity contribution in [3.05, 3.63) is 53.6 Å². The van der Waals surface area contributed by atoms with Crippen molar-refractivity contribution in [2.45, 2.75) is 31.0 Å². The summed E-state index contributed by atoms with van der Waals surface area (Å²) >= 11 is 0. The van der Waals surface area contributed by atoms with Crippen molar-refractivity contribution in [3.8, 4) is 5.75 Å². The number of nitrogens with one attached hydrogen (secondary N) is 2. The second-order valence-corrected chi connectivity index (χ2v) is 7.72. The van der Waals surface area contributed by atoms with Crippen LogP contribution in [0.2, 0.25) is 0 Å². The molecule has 0 saturated carbocycles. The Morgan fingerprint density at radius 3 is 2.36 bits per heavy atom. The maximum absolute atomic E-state index is 13.0. The molecular weight excluding hydrogens is 397 g/mol. The van der Waals surface area contributed by atoms with E-state index in [9.17, 15) is 26.4 Å². The van der Waals surface area contributed by atoms with Crippen LogP contribution in [0.5, 0.6) is 5.75 Å². The third kappa shape index (κ3) is 5.02. The zero-order chi connectivity index (χ0) is 21.1. The normalized spacial score (nSPS) is 13.1. The molecule has 152 valence electrons. The Hall–Kier alpha value is -2.59. The van der Waals surface area contributed by atoms with Gasteiger partial charge < -0.3 is 10.1 Å². The van der Waals surface area contributed by atoms with E-state index >= 15 is 0 Å². The second kappa shape index (κ2) is 8.19. The van der Waals surface area contributed by atoms with Crippen LogP contribution < -0.4 is 14.8 Å². The fourth-order valence-corrected chi connectivity index (χ4v) is 3.74. The summed E-state index contributed by atoms with van der Waals surface area (Å²) in [5, 5.41) is 2.11. The SMILES string of the molecule is COc1ccc(S(=O)(=O)N[C@H](C)C(=O)Nc2ccccc2C(F)(F)F)cc1C. The molecule has 10 heteroatoms. The van der Waals surface area contributed by atoms with E-state index in [0.29, 0.717) is 11.3 Å². The fraction of sp³-hybridized carbons (Fsp3) is 0.278. The standard InChI is InChI=1S/C18H19F3N2O4S/c1-11-10-13(8-9-16(11)27-3)28(25,26)23-12(2)17(24)22-15-7-5-4-6-14(15)18(19,20)21/h4-10,12,23H,1-3H3,(H,22,24)/t12-/m1/s1. The number of hydrogen-bond donors (Lipinski definition) is 2. The molecule has 0 aliphatic rings. The number of carbonyl (C=O) groups excluding carboxylic acids is 1. The maximum atomic E-state index is 13.0. The van der Waals surface area contributed by atoms with Gasteiger partial charge in [-0.2, -0.15) is 17.9 Å². The lowest BCUT2D eigenvalue weighted by Crippen LogP contribution is -2.41. The topological polar surface area (TPSA) is 84.5 Å². The molecular formula is C18H19F3N2O4S. The van der Waals surface area contributed by atoms with Crippen molar-refractivity contribution in [1.82, 2.24) is 4.72 Å². The summed E-state index contributed by atoms with van der Waals surface area (Å²) in [6.45, 7) is 2.89. The van der Waals surface area contributed by atoms with Crippen molar-refractivity contribution in [2.75, 3.05) is 12.4 Å². The number of methoxy groups -OCH3 is 1. The Labute approximate surface area is 160 Å². The number of amides is 1. The van der Waals surface area contributed by atoms with Crippen molar-refractivity contribution < 1.29 is 31.1 Å². The van der Waals surface area contributed by atoms with Crippen molar-refractivity contribution in [1.29, 1.82) is 0 Å². The quantitative estimate of drug-likeness (QED) is 0.757. The minimum Gasteiger partial charge on any atom is -0.496 e. The predicted octanol–water partition coefficient (Wildman–Crippen LogP) is 3.33. The number of rotatable bonds is 6. The Balaban J connectivity index is 2.17. The summed E-state index contributed by atoms with van der Waals surface area (Å²) in [6.07, 6.45) is -4.66. The third-order valence-corrected chi connectivity index (χ3v) is 5.43. The first-order valence-electron chi connectivity index (χ1n) is 8.10. The molecule has 0 aliphatic heterocycles. The molecule has 28 heavy (non-hydrogen) atoms. The van der Waals surface area contributed by atoms with Gasteiger partial charge >= 0.3 is 6.18 Å². The van der Waals surface area contributed by atoms with Crippen LogP contribution in [0.1, 0.15) is 18.1 Å². The van der Waals surface area contributed by atoms with Crippen LogP contribution in [0.25, 0.3) is 0 Å². The van der Waals surface area contributed by atoms with Crippen molar-refractivity contribution in [2.24, 2.45) is 0 Å². The van der Waals surface area contributed by atoms with Crippen LogP contribution in [0.15, 0.2) is 47.4 Å². The van der Waals surface area contributed by atoms with Gasteiger partial charge in [-0.15, -0.1) is 0 Å². The number of halogens is 3. The number of carbonyl (C=O) groups is 1.